The fraction of sp³-hybridized carbons (Fsp3) is 0.167. The highest BCUT2D eigenvalue weighted by Gasteiger charge is 2.22. The second kappa shape index (κ2) is 7.69. The van der Waals surface area contributed by atoms with E-state index in [1.165, 1.54) is 0 Å². The smallest absolute Gasteiger partial charge is 0.233 e. The number of nitrogens with zero attached hydrogens (tertiary/aromatic N) is 2. The average Bonchev–Trinajstić information content (AvgIpc) is 3.07. The molecule has 1 N–H and O–H groups in total. The maximum absolute atomic E-state index is 13.2. The maximum Gasteiger partial charge on any atom is 0.233 e. The molecule has 0 spiro atoms. The van der Waals surface area contributed by atoms with Gasteiger partial charge in [0.1, 0.15) is 17.2 Å². The van der Waals surface area contributed by atoms with E-state index >= 15 is 0 Å². The molecule has 0 aliphatic heterocycles. The Morgan fingerprint density at radius 3 is 2.39 bits per heavy atom. The van der Waals surface area contributed by atoms with Crippen molar-refractivity contribution in [1.29, 1.82) is 0 Å². The van der Waals surface area contributed by atoms with Crippen LogP contribution in [0.5, 0.6) is 0 Å². The van der Waals surface area contributed by atoms with Crippen molar-refractivity contribution in [2.24, 2.45) is 0 Å². The molecule has 2 aromatic heterocycles. The molecular formula is C24H23N3O. The summed E-state index contributed by atoms with van der Waals surface area (Å²) in [6.45, 7) is 4.07. The number of nitrogens with one attached hydrogen (secondary N) is 1. The highest BCUT2D eigenvalue weighted by Crippen LogP contribution is 2.30. The third kappa shape index (κ3) is 3.41. The van der Waals surface area contributed by atoms with Crippen molar-refractivity contribution in [3.63, 3.8) is 0 Å². The van der Waals surface area contributed by atoms with Gasteiger partial charge in [0.15, 0.2) is 0 Å². The highest BCUT2D eigenvalue weighted by molar-refractivity contribution is 5.98. The van der Waals surface area contributed by atoms with Crippen molar-refractivity contribution in [3.05, 3.63) is 90.1 Å². The fourth-order valence-electron chi connectivity index (χ4n) is 3.52. The van der Waals surface area contributed by atoms with E-state index in [1.807, 2.05) is 97.2 Å². The number of benzene rings is 2. The Kier molecular flexibility index (Phi) is 4.94. The first-order chi connectivity index (χ1) is 13.7. The van der Waals surface area contributed by atoms with Crippen molar-refractivity contribution >= 4 is 17.4 Å². The minimum Gasteiger partial charge on any atom is -0.309 e. The lowest BCUT2D eigenvalue weighted by atomic mass is 9.95. The van der Waals surface area contributed by atoms with Crippen LogP contribution in [0.4, 0.5) is 5.82 Å². The van der Waals surface area contributed by atoms with Crippen LogP contribution in [0.3, 0.4) is 0 Å². The molecule has 0 aliphatic carbocycles. The Balaban J connectivity index is 1.78. The van der Waals surface area contributed by atoms with E-state index in [4.69, 9.17) is 4.98 Å². The Hall–Kier alpha value is -3.40. The molecule has 28 heavy (non-hydrogen) atoms. The molecule has 4 nitrogen and oxygen atoms in total. The molecule has 0 aliphatic rings. The molecule has 2 heterocycles. The van der Waals surface area contributed by atoms with E-state index in [9.17, 15) is 4.79 Å². The molecule has 0 bridgehead atoms. The molecule has 140 valence electrons. The first-order valence-electron chi connectivity index (χ1n) is 9.57. The van der Waals surface area contributed by atoms with Crippen LogP contribution < -0.4 is 5.32 Å². The van der Waals surface area contributed by atoms with Gasteiger partial charge in [-0.05, 0) is 36.6 Å². The fourth-order valence-corrected chi connectivity index (χ4v) is 3.52. The number of hydrogen-bond donors (Lipinski definition) is 1. The molecule has 4 heteroatoms. The van der Waals surface area contributed by atoms with Gasteiger partial charge in [-0.2, -0.15) is 0 Å². The van der Waals surface area contributed by atoms with E-state index in [0.717, 1.165) is 34.5 Å². The number of amides is 1. The summed E-state index contributed by atoms with van der Waals surface area (Å²) in [5, 5.41) is 3.16. The molecular weight excluding hydrogens is 346 g/mol. The second-order valence-corrected chi connectivity index (χ2v) is 6.97. The van der Waals surface area contributed by atoms with Gasteiger partial charge >= 0.3 is 0 Å². The molecule has 0 radical (unpaired) electrons. The first kappa shape index (κ1) is 18.0. The molecule has 2 aromatic carbocycles. The number of aromatic nitrogens is 2. The third-order valence-electron chi connectivity index (χ3n) is 5.00. The van der Waals surface area contributed by atoms with E-state index in [0.29, 0.717) is 5.82 Å². The molecule has 4 rings (SSSR count). The molecule has 0 unspecified atom stereocenters. The van der Waals surface area contributed by atoms with Crippen LogP contribution in [0.2, 0.25) is 0 Å². The number of pyridine rings is 1. The van der Waals surface area contributed by atoms with Crippen LogP contribution in [0, 0.1) is 6.92 Å². The Morgan fingerprint density at radius 2 is 1.71 bits per heavy atom. The van der Waals surface area contributed by atoms with Crippen LogP contribution in [0.15, 0.2) is 79.0 Å². The second-order valence-electron chi connectivity index (χ2n) is 6.97. The standard InChI is InChI=1S/C24H23N3O/c1-3-20(18-10-6-4-7-11-18)24(28)26-23-22(19-12-8-5-9-13-19)25-21-16-17(2)14-15-27(21)23/h4-16,20H,3H2,1-2H3,(H,26,28)/t20-/m1/s1. The number of carbonyl (C=O) groups is 1. The van der Waals surface area contributed by atoms with Gasteiger partial charge in [-0.25, -0.2) is 4.98 Å². The minimum absolute atomic E-state index is 0.0201. The lowest BCUT2D eigenvalue weighted by Gasteiger charge is -2.16. The number of anilines is 1. The lowest BCUT2D eigenvalue weighted by molar-refractivity contribution is -0.117. The summed E-state index contributed by atoms with van der Waals surface area (Å²) in [6.07, 6.45) is 2.69. The van der Waals surface area contributed by atoms with E-state index in [-0.39, 0.29) is 11.8 Å². The predicted molar refractivity (Wildman–Crippen MR) is 113 cm³/mol. The highest BCUT2D eigenvalue weighted by atomic mass is 16.2. The summed E-state index contributed by atoms with van der Waals surface area (Å²) in [4.78, 5) is 18.0. The first-order valence-corrected chi connectivity index (χ1v) is 9.57. The van der Waals surface area contributed by atoms with Gasteiger partial charge in [0, 0.05) is 11.8 Å². The number of rotatable bonds is 5. The summed E-state index contributed by atoms with van der Waals surface area (Å²) in [5.74, 6) is 0.481. The van der Waals surface area contributed by atoms with Crippen LogP contribution in [-0.4, -0.2) is 15.3 Å². The summed E-state index contributed by atoms with van der Waals surface area (Å²) in [7, 11) is 0. The monoisotopic (exact) mass is 369 g/mol. The molecule has 1 amide bonds. The number of hydrogen-bond acceptors (Lipinski definition) is 2. The van der Waals surface area contributed by atoms with Gasteiger partial charge in [-0.3, -0.25) is 9.20 Å². The van der Waals surface area contributed by atoms with Gasteiger partial charge in [-0.1, -0.05) is 67.6 Å². The lowest BCUT2D eigenvalue weighted by Crippen LogP contribution is -2.21. The van der Waals surface area contributed by atoms with Crippen LogP contribution >= 0.6 is 0 Å². The van der Waals surface area contributed by atoms with E-state index in [2.05, 4.69) is 5.32 Å². The van der Waals surface area contributed by atoms with Crippen LogP contribution in [-0.2, 0) is 4.79 Å². The third-order valence-corrected chi connectivity index (χ3v) is 5.00. The molecule has 4 aromatic rings. The molecule has 0 saturated heterocycles. The SMILES string of the molecule is CC[C@@H](C(=O)Nc1c(-c2ccccc2)nc2cc(C)ccn12)c1ccccc1. The van der Waals surface area contributed by atoms with Gasteiger partial charge < -0.3 is 5.32 Å². The van der Waals surface area contributed by atoms with E-state index in [1.54, 1.807) is 0 Å². The maximum atomic E-state index is 13.2. The molecule has 0 saturated carbocycles. The minimum atomic E-state index is -0.208. The van der Waals surface area contributed by atoms with Gasteiger partial charge in [0.25, 0.3) is 0 Å². The van der Waals surface area contributed by atoms with Gasteiger partial charge in [-0.15, -0.1) is 0 Å². The predicted octanol–water partition coefficient (Wildman–Crippen LogP) is 5.44. The summed E-state index contributed by atoms with van der Waals surface area (Å²) < 4.78 is 1.95. The zero-order valence-electron chi connectivity index (χ0n) is 16.1. The summed E-state index contributed by atoms with van der Waals surface area (Å²) in [6, 6.07) is 23.9. The van der Waals surface area contributed by atoms with Crippen molar-refractivity contribution < 1.29 is 4.79 Å². The van der Waals surface area contributed by atoms with Crippen molar-refractivity contribution in [2.75, 3.05) is 5.32 Å². The van der Waals surface area contributed by atoms with Gasteiger partial charge in [0.05, 0.1) is 5.92 Å². The topological polar surface area (TPSA) is 46.4 Å². The average molecular weight is 369 g/mol. The zero-order valence-corrected chi connectivity index (χ0v) is 16.1. The Labute approximate surface area is 164 Å². The van der Waals surface area contributed by atoms with Gasteiger partial charge in [0.2, 0.25) is 5.91 Å². The van der Waals surface area contributed by atoms with Crippen LogP contribution in [0.25, 0.3) is 16.9 Å². The normalized spacial score (nSPS) is 12.1. The summed E-state index contributed by atoms with van der Waals surface area (Å²) in [5.41, 5.74) is 4.73. The number of imidazole rings is 1. The Morgan fingerprint density at radius 1 is 1.04 bits per heavy atom. The molecule has 0 fully saturated rings. The Bertz CT molecular complexity index is 1100. The zero-order chi connectivity index (χ0) is 19.5. The largest absolute Gasteiger partial charge is 0.309 e. The van der Waals surface area contributed by atoms with Crippen molar-refractivity contribution in [2.45, 2.75) is 26.2 Å². The summed E-state index contributed by atoms with van der Waals surface area (Å²) >= 11 is 0. The quantitative estimate of drug-likeness (QED) is 0.509. The van der Waals surface area contributed by atoms with Crippen molar-refractivity contribution in [1.82, 2.24) is 9.38 Å². The molecule has 1 atom stereocenters. The van der Waals surface area contributed by atoms with Crippen LogP contribution in [0.1, 0.15) is 30.4 Å². The number of aryl methyl sites for hydroxylation is 1. The van der Waals surface area contributed by atoms with Crippen molar-refractivity contribution in [3.8, 4) is 11.3 Å². The van der Waals surface area contributed by atoms with E-state index < -0.39 is 0 Å². The number of carbonyl (C=O) groups excluding carboxylic acids is 1. The number of fused-ring (bicyclic) bond motifs is 1.